The number of benzene rings is 1. The molecule has 1 aliphatic heterocycles. The summed E-state index contributed by atoms with van der Waals surface area (Å²) in [5.41, 5.74) is 4.00. The van der Waals surface area contributed by atoms with Crippen LogP contribution in [0.2, 0.25) is 0 Å². The van der Waals surface area contributed by atoms with Crippen LogP contribution in [-0.4, -0.2) is 43.9 Å². The molecule has 0 bridgehead atoms. The van der Waals surface area contributed by atoms with Gasteiger partial charge in [-0.1, -0.05) is 6.07 Å². The van der Waals surface area contributed by atoms with Gasteiger partial charge in [0, 0.05) is 17.6 Å². The Bertz CT molecular complexity index is 1530. The molecule has 5 rings (SSSR count). The Morgan fingerprint density at radius 3 is 2.90 bits per heavy atom. The molecule has 3 N–H and O–H groups in total. The lowest BCUT2D eigenvalue weighted by Crippen LogP contribution is -2.20. The molecule has 0 spiro atoms. The van der Waals surface area contributed by atoms with E-state index in [0.29, 0.717) is 35.0 Å². The van der Waals surface area contributed by atoms with Gasteiger partial charge in [-0.25, -0.2) is 15.1 Å². The Balaban J connectivity index is 1.30. The summed E-state index contributed by atoms with van der Waals surface area (Å²) in [4.78, 5) is 23.6. The van der Waals surface area contributed by atoms with Gasteiger partial charge in [-0.3, -0.25) is 8.98 Å². The molecule has 39 heavy (non-hydrogen) atoms. The number of ketones is 1. The van der Waals surface area contributed by atoms with Crippen LogP contribution < -0.4 is 10.5 Å². The fourth-order valence-corrected chi connectivity index (χ4v) is 6.74. The maximum Gasteiger partial charge on any atom is 0.333 e. The third-order valence-electron chi connectivity index (χ3n) is 7.31. The minimum absolute atomic E-state index is 0.0830. The average Bonchev–Trinajstić information content (AvgIpc) is 3.55. The molecule has 3 atom stereocenters. The summed E-state index contributed by atoms with van der Waals surface area (Å²) in [5.74, 6) is 0.690. The van der Waals surface area contributed by atoms with E-state index in [0.717, 1.165) is 47.3 Å². The quantitative estimate of drug-likeness (QED) is 0.368. The molecule has 10 nitrogen and oxygen atoms in total. The van der Waals surface area contributed by atoms with Crippen LogP contribution in [0.1, 0.15) is 67.7 Å². The average molecular weight is 568 g/mol. The number of hydrogen-bond acceptors (Lipinski definition) is 10. The van der Waals surface area contributed by atoms with E-state index in [1.165, 1.54) is 23.9 Å². The van der Waals surface area contributed by atoms with Gasteiger partial charge in [-0.05, 0) is 79.3 Å². The summed E-state index contributed by atoms with van der Waals surface area (Å²) in [6.07, 6.45) is 5.92. The van der Waals surface area contributed by atoms with E-state index < -0.39 is 10.3 Å². The number of anilines is 1. The number of nitrogens with two attached hydrogens (primary N) is 1. The third-order valence-corrected chi connectivity index (χ3v) is 8.84. The molecule has 12 heteroatoms. The summed E-state index contributed by atoms with van der Waals surface area (Å²) >= 11 is 1.40. The van der Waals surface area contributed by atoms with Crippen LogP contribution in [0.3, 0.4) is 0 Å². The van der Waals surface area contributed by atoms with Crippen LogP contribution >= 0.6 is 11.3 Å². The van der Waals surface area contributed by atoms with Gasteiger partial charge >= 0.3 is 10.3 Å². The lowest BCUT2D eigenvalue weighted by molar-refractivity contribution is 0.0697. The summed E-state index contributed by atoms with van der Waals surface area (Å²) in [5, 5.41) is 17.6. The standard InChI is InChI=1S/C27H29N5O5S2/c1-16-21(26-22-9-17(11-28)4-5-20(22)6-7-36-26)10-24(38-16)25(33)23-13-30-15-32-27(23)31-12-18-2-3-19(8-18)14-37-39(29,34)35/h4-5,9-10,13,15,18-19,26H,2-3,6-8,12,14H2,1H3,(H2,29,34,35)(H,30,31,32)/t18-,19+,26?/m0/s1. The van der Waals surface area contributed by atoms with Crippen molar-refractivity contribution in [2.75, 3.05) is 25.1 Å². The van der Waals surface area contributed by atoms with Gasteiger partial charge in [0.1, 0.15) is 18.2 Å². The van der Waals surface area contributed by atoms with E-state index in [-0.39, 0.29) is 30.3 Å². The van der Waals surface area contributed by atoms with E-state index in [9.17, 15) is 18.5 Å². The number of fused-ring (bicyclic) bond motifs is 1. The van der Waals surface area contributed by atoms with E-state index in [2.05, 4.69) is 21.4 Å². The van der Waals surface area contributed by atoms with Crippen LogP contribution in [0.15, 0.2) is 36.8 Å². The number of thiophene rings is 1. The highest BCUT2D eigenvalue weighted by Gasteiger charge is 2.29. The summed E-state index contributed by atoms with van der Waals surface area (Å²) in [7, 11) is -3.94. The van der Waals surface area contributed by atoms with Crippen LogP contribution in [0.25, 0.3) is 0 Å². The van der Waals surface area contributed by atoms with Gasteiger partial charge in [0.2, 0.25) is 5.78 Å². The highest BCUT2D eigenvalue weighted by Crippen LogP contribution is 2.39. The van der Waals surface area contributed by atoms with Gasteiger partial charge in [0.15, 0.2) is 0 Å². The van der Waals surface area contributed by atoms with Gasteiger partial charge in [-0.15, -0.1) is 11.3 Å². The van der Waals surface area contributed by atoms with Crippen molar-refractivity contribution < 1.29 is 22.1 Å². The molecule has 3 heterocycles. The topological polar surface area (TPSA) is 157 Å². The highest BCUT2D eigenvalue weighted by atomic mass is 32.2. The minimum Gasteiger partial charge on any atom is -0.369 e. The molecular formula is C27H29N5O5S2. The van der Waals surface area contributed by atoms with Crippen molar-refractivity contribution >= 4 is 33.2 Å². The van der Waals surface area contributed by atoms with Crippen molar-refractivity contribution in [3.63, 3.8) is 0 Å². The molecule has 2 aromatic heterocycles. The number of nitriles is 1. The number of rotatable bonds is 9. The number of ether oxygens (including phenoxy) is 1. The zero-order chi connectivity index (χ0) is 27.6. The summed E-state index contributed by atoms with van der Waals surface area (Å²) in [6, 6.07) is 9.76. The number of aromatic nitrogens is 2. The van der Waals surface area contributed by atoms with Crippen molar-refractivity contribution in [1.29, 1.82) is 5.26 Å². The van der Waals surface area contributed by atoms with Crippen LogP contribution in [0.4, 0.5) is 5.82 Å². The SMILES string of the molecule is Cc1sc(C(=O)c2cncnc2NC[C@H]2CC[C@@H](COS(N)(=O)=O)C2)cc1C1OCCc2ccc(C#N)cc21. The Hall–Kier alpha value is -3.21. The molecule has 0 radical (unpaired) electrons. The van der Waals surface area contributed by atoms with Crippen LogP contribution in [0.5, 0.6) is 0 Å². The lowest BCUT2D eigenvalue weighted by Gasteiger charge is -2.26. The smallest absolute Gasteiger partial charge is 0.333 e. The number of nitrogens with one attached hydrogen (secondary N) is 1. The first kappa shape index (κ1) is 27.4. The largest absolute Gasteiger partial charge is 0.369 e. The van der Waals surface area contributed by atoms with Crippen molar-refractivity contribution in [1.82, 2.24) is 9.97 Å². The number of carbonyl (C=O) groups excluding carboxylic acids is 1. The fraction of sp³-hybridized carbons (Fsp3) is 0.407. The number of carbonyl (C=O) groups is 1. The van der Waals surface area contributed by atoms with Crippen LogP contribution in [0, 0.1) is 30.1 Å². The Labute approximate surface area is 231 Å². The molecule has 0 amide bonds. The van der Waals surface area contributed by atoms with Crippen molar-refractivity contribution in [2.45, 2.75) is 38.7 Å². The lowest BCUT2D eigenvalue weighted by atomic mass is 9.91. The first-order valence-electron chi connectivity index (χ1n) is 12.7. The molecule has 0 saturated heterocycles. The zero-order valence-electron chi connectivity index (χ0n) is 21.4. The number of hydrogen-bond donors (Lipinski definition) is 2. The summed E-state index contributed by atoms with van der Waals surface area (Å²) in [6.45, 7) is 3.21. The monoisotopic (exact) mass is 567 g/mol. The molecule has 1 saturated carbocycles. The zero-order valence-corrected chi connectivity index (χ0v) is 23.1. The molecule has 1 unspecified atom stereocenters. The second-order valence-electron chi connectivity index (χ2n) is 9.97. The number of aryl methyl sites for hydroxylation is 1. The van der Waals surface area contributed by atoms with E-state index in [1.807, 2.05) is 31.2 Å². The molecular weight excluding hydrogens is 538 g/mol. The van der Waals surface area contributed by atoms with Crippen LogP contribution in [-0.2, 0) is 25.6 Å². The molecule has 2 aliphatic rings. The predicted octanol–water partition coefficient (Wildman–Crippen LogP) is 3.66. The Morgan fingerprint density at radius 2 is 2.10 bits per heavy atom. The van der Waals surface area contributed by atoms with Gasteiger partial charge in [0.05, 0.1) is 35.3 Å². The van der Waals surface area contributed by atoms with Crippen molar-refractivity contribution in [2.24, 2.45) is 17.0 Å². The molecule has 204 valence electrons. The second-order valence-corrected chi connectivity index (χ2v) is 12.4. The van der Waals surface area contributed by atoms with E-state index in [1.54, 1.807) is 0 Å². The van der Waals surface area contributed by atoms with Gasteiger partial charge < -0.3 is 10.1 Å². The van der Waals surface area contributed by atoms with Crippen molar-refractivity contribution in [3.05, 3.63) is 74.4 Å². The Kier molecular flexibility index (Phi) is 8.06. The first-order chi connectivity index (χ1) is 18.7. The molecule has 1 fully saturated rings. The number of nitrogens with zero attached hydrogens (tertiary/aromatic N) is 3. The first-order valence-corrected chi connectivity index (χ1v) is 15.0. The minimum atomic E-state index is -3.94. The molecule has 1 aromatic carbocycles. The maximum absolute atomic E-state index is 13.6. The second kappa shape index (κ2) is 11.5. The fourth-order valence-electron chi connectivity index (χ4n) is 5.36. The predicted molar refractivity (Wildman–Crippen MR) is 146 cm³/mol. The normalized spacial score (nSPS) is 20.8. The highest BCUT2D eigenvalue weighted by molar-refractivity contribution is 7.84. The summed E-state index contributed by atoms with van der Waals surface area (Å²) < 4.78 is 33.0. The van der Waals surface area contributed by atoms with E-state index >= 15 is 0 Å². The molecule has 1 aliphatic carbocycles. The van der Waals surface area contributed by atoms with E-state index in [4.69, 9.17) is 14.1 Å². The Morgan fingerprint density at radius 1 is 1.28 bits per heavy atom. The van der Waals surface area contributed by atoms with Crippen molar-refractivity contribution in [3.8, 4) is 6.07 Å². The van der Waals surface area contributed by atoms with Gasteiger partial charge in [0.25, 0.3) is 0 Å². The maximum atomic E-state index is 13.6. The third kappa shape index (κ3) is 6.34. The van der Waals surface area contributed by atoms with Gasteiger partial charge in [-0.2, -0.15) is 13.7 Å². The molecule has 3 aromatic rings.